The monoisotopic (exact) mass is 277 g/mol. The summed E-state index contributed by atoms with van der Waals surface area (Å²) in [6.45, 7) is 8.81. The van der Waals surface area contributed by atoms with E-state index in [-0.39, 0.29) is 0 Å². The predicted octanol–water partition coefficient (Wildman–Crippen LogP) is 4.38. The van der Waals surface area contributed by atoms with Crippen molar-refractivity contribution in [2.24, 2.45) is 0 Å². The summed E-state index contributed by atoms with van der Waals surface area (Å²) in [7, 11) is 0. The highest BCUT2D eigenvalue weighted by atomic mass is 32.2. The molecule has 0 bridgehead atoms. The largest absolute Gasteiger partial charge is 0.311 e. The molecule has 1 nitrogen and oxygen atoms in total. The quantitative estimate of drug-likeness (QED) is 0.857. The molecule has 0 aromatic heterocycles. The third kappa shape index (κ3) is 3.55. The van der Waals surface area contributed by atoms with Gasteiger partial charge in [0.1, 0.15) is 0 Å². The molecule has 1 aromatic carbocycles. The van der Waals surface area contributed by atoms with Crippen molar-refractivity contribution in [3.05, 3.63) is 34.4 Å². The van der Waals surface area contributed by atoms with Crippen LogP contribution in [0.25, 0.3) is 0 Å². The first-order chi connectivity index (χ1) is 9.06. The molecule has 2 heteroatoms. The lowest BCUT2D eigenvalue weighted by Crippen LogP contribution is -2.35. The Labute approximate surface area is 122 Å². The second-order valence-corrected chi connectivity index (χ2v) is 7.35. The molecule has 0 saturated heterocycles. The third-order valence-electron chi connectivity index (χ3n) is 4.54. The number of hydrogen-bond donors (Lipinski definition) is 1. The number of thioether (sulfide) groups is 1. The first-order valence-corrected chi connectivity index (χ1v) is 8.61. The topological polar surface area (TPSA) is 12.0 Å². The second-order valence-electron chi connectivity index (χ2n) is 6.08. The Balaban J connectivity index is 1.96. The van der Waals surface area contributed by atoms with Crippen molar-refractivity contribution in [2.45, 2.75) is 57.7 Å². The fourth-order valence-electron chi connectivity index (χ4n) is 3.38. The molecule has 0 atom stereocenters. The molecule has 106 valence electrons. The van der Waals surface area contributed by atoms with E-state index >= 15 is 0 Å². The van der Waals surface area contributed by atoms with Crippen LogP contribution in [-0.2, 0) is 6.54 Å². The van der Waals surface area contributed by atoms with E-state index in [4.69, 9.17) is 0 Å². The Morgan fingerprint density at radius 3 is 2.21 bits per heavy atom. The maximum atomic E-state index is 3.72. The van der Waals surface area contributed by atoms with E-state index in [0.717, 1.165) is 13.1 Å². The van der Waals surface area contributed by atoms with Crippen molar-refractivity contribution >= 4 is 11.8 Å². The van der Waals surface area contributed by atoms with Crippen LogP contribution < -0.4 is 5.32 Å². The maximum Gasteiger partial charge on any atom is 0.0281 e. The Morgan fingerprint density at radius 2 is 1.68 bits per heavy atom. The first-order valence-electron chi connectivity index (χ1n) is 7.39. The second kappa shape index (κ2) is 6.32. The van der Waals surface area contributed by atoms with Gasteiger partial charge < -0.3 is 5.32 Å². The van der Waals surface area contributed by atoms with Crippen molar-refractivity contribution in [1.29, 1.82) is 0 Å². The lowest BCUT2D eigenvalue weighted by Gasteiger charge is -2.27. The predicted molar refractivity (Wildman–Crippen MR) is 87.1 cm³/mol. The van der Waals surface area contributed by atoms with Gasteiger partial charge in [0.15, 0.2) is 0 Å². The van der Waals surface area contributed by atoms with Crippen LogP contribution in [-0.4, -0.2) is 17.5 Å². The molecule has 0 unspecified atom stereocenters. The van der Waals surface area contributed by atoms with Gasteiger partial charge in [-0.2, -0.15) is 11.8 Å². The summed E-state index contributed by atoms with van der Waals surface area (Å²) in [5, 5.41) is 3.72. The fourth-order valence-corrected chi connectivity index (χ4v) is 4.32. The van der Waals surface area contributed by atoms with Crippen molar-refractivity contribution in [2.75, 3.05) is 12.8 Å². The SMILES string of the molecule is CSC1(CNCc2c(C)cc(C)cc2C)CCCC1. The lowest BCUT2D eigenvalue weighted by molar-refractivity contribution is 0.532. The highest BCUT2D eigenvalue weighted by Gasteiger charge is 2.32. The lowest BCUT2D eigenvalue weighted by atomic mass is 9.99. The van der Waals surface area contributed by atoms with Gasteiger partial charge in [0.05, 0.1) is 0 Å². The molecule has 0 heterocycles. The Hall–Kier alpha value is -0.470. The molecule has 0 radical (unpaired) electrons. The molecule has 1 saturated carbocycles. The molecular weight excluding hydrogens is 250 g/mol. The standard InChI is InChI=1S/C17H27NS/c1-13-9-14(2)16(15(3)10-13)11-18-12-17(19-4)7-5-6-8-17/h9-10,18H,5-8,11-12H2,1-4H3. The Morgan fingerprint density at radius 1 is 1.11 bits per heavy atom. The van der Waals surface area contributed by atoms with E-state index in [0.29, 0.717) is 4.75 Å². The molecule has 0 amide bonds. The van der Waals surface area contributed by atoms with Crippen LogP contribution in [0.1, 0.15) is 47.9 Å². The van der Waals surface area contributed by atoms with Gasteiger partial charge in [-0.15, -0.1) is 0 Å². The van der Waals surface area contributed by atoms with Crippen LogP contribution in [0.3, 0.4) is 0 Å². The van der Waals surface area contributed by atoms with E-state index in [1.807, 2.05) is 0 Å². The number of nitrogens with one attached hydrogen (secondary N) is 1. The summed E-state index contributed by atoms with van der Waals surface area (Å²) < 4.78 is 0.506. The number of aryl methyl sites for hydroxylation is 3. The average Bonchev–Trinajstić information content (AvgIpc) is 2.82. The van der Waals surface area contributed by atoms with E-state index in [1.54, 1.807) is 0 Å². The van der Waals surface area contributed by atoms with E-state index in [9.17, 15) is 0 Å². The van der Waals surface area contributed by atoms with E-state index < -0.39 is 0 Å². The summed E-state index contributed by atoms with van der Waals surface area (Å²) >= 11 is 2.06. The third-order valence-corrected chi connectivity index (χ3v) is 5.96. The van der Waals surface area contributed by atoms with Gasteiger partial charge in [0.25, 0.3) is 0 Å². The van der Waals surface area contributed by atoms with Gasteiger partial charge in [-0.3, -0.25) is 0 Å². The van der Waals surface area contributed by atoms with Crippen LogP contribution in [0.4, 0.5) is 0 Å². The number of hydrogen-bond acceptors (Lipinski definition) is 2. The summed E-state index contributed by atoms with van der Waals surface area (Å²) in [5.74, 6) is 0. The zero-order chi connectivity index (χ0) is 13.9. The molecule has 1 aliphatic rings. The molecule has 19 heavy (non-hydrogen) atoms. The zero-order valence-electron chi connectivity index (χ0n) is 12.8. The van der Waals surface area contributed by atoms with Crippen molar-refractivity contribution in [3.63, 3.8) is 0 Å². The first kappa shape index (κ1) is 14.9. The Kier molecular flexibility index (Phi) is 4.97. The number of rotatable bonds is 5. The van der Waals surface area contributed by atoms with Gasteiger partial charge in [0.2, 0.25) is 0 Å². The Bertz CT molecular complexity index is 410. The summed E-state index contributed by atoms with van der Waals surface area (Å²) in [6, 6.07) is 4.59. The van der Waals surface area contributed by atoms with Crippen LogP contribution >= 0.6 is 11.8 Å². The molecule has 0 spiro atoms. The van der Waals surface area contributed by atoms with Crippen LogP contribution in [0, 0.1) is 20.8 Å². The molecule has 2 rings (SSSR count). The maximum absolute atomic E-state index is 3.72. The molecule has 1 N–H and O–H groups in total. The summed E-state index contributed by atoms with van der Waals surface area (Å²) in [4.78, 5) is 0. The van der Waals surface area contributed by atoms with Crippen molar-refractivity contribution < 1.29 is 0 Å². The highest BCUT2D eigenvalue weighted by molar-refractivity contribution is 8.00. The minimum absolute atomic E-state index is 0.506. The molecule has 0 aliphatic heterocycles. The number of benzene rings is 1. The summed E-state index contributed by atoms with van der Waals surface area (Å²) in [6.07, 6.45) is 7.85. The molecule has 1 fully saturated rings. The van der Waals surface area contributed by atoms with Gasteiger partial charge in [-0.05, 0) is 56.6 Å². The van der Waals surface area contributed by atoms with E-state index in [1.165, 1.54) is 47.9 Å². The highest BCUT2D eigenvalue weighted by Crippen LogP contribution is 2.39. The van der Waals surface area contributed by atoms with Crippen molar-refractivity contribution in [1.82, 2.24) is 5.32 Å². The molecular formula is C17H27NS. The van der Waals surface area contributed by atoms with Gasteiger partial charge in [-0.1, -0.05) is 30.5 Å². The fraction of sp³-hybridized carbons (Fsp3) is 0.647. The normalized spacial score (nSPS) is 17.9. The van der Waals surface area contributed by atoms with Crippen LogP contribution in [0.2, 0.25) is 0 Å². The molecule has 1 aliphatic carbocycles. The van der Waals surface area contributed by atoms with E-state index in [2.05, 4.69) is 56.2 Å². The molecule has 1 aromatic rings. The van der Waals surface area contributed by atoms with Gasteiger partial charge in [0, 0.05) is 17.8 Å². The van der Waals surface area contributed by atoms with Crippen LogP contribution in [0.5, 0.6) is 0 Å². The van der Waals surface area contributed by atoms with Crippen molar-refractivity contribution in [3.8, 4) is 0 Å². The van der Waals surface area contributed by atoms with Crippen LogP contribution in [0.15, 0.2) is 12.1 Å². The zero-order valence-corrected chi connectivity index (χ0v) is 13.6. The minimum atomic E-state index is 0.506. The smallest absolute Gasteiger partial charge is 0.0281 e. The minimum Gasteiger partial charge on any atom is -0.311 e. The van der Waals surface area contributed by atoms with Gasteiger partial charge in [-0.25, -0.2) is 0 Å². The summed E-state index contributed by atoms with van der Waals surface area (Å²) in [5.41, 5.74) is 5.71. The average molecular weight is 277 g/mol. The van der Waals surface area contributed by atoms with Gasteiger partial charge >= 0.3 is 0 Å².